The topological polar surface area (TPSA) is 72.7 Å². The lowest BCUT2D eigenvalue weighted by molar-refractivity contribution is 0.0531. The normalized spacial score (nSPS) is 10.7. The van der Waals surface area contributed by atoms with E-state index in [9.17, 15) is 9.59 Å². The number of hydrogen-bond acceptors (Lipinski definition) is 5. The van der Waals surface area contributed by atoms with Crippen molar-refractivity contribution < 1.29 is 14.3 Å². The van der Waals surface area contributed by atoms with Crippen LogP contribution >= 0.6 is 11.3 Å². The molecule has 1 N–H and O–H groups in total. The molecular weight excluding hydrogens is 314 g/mol. The first-order valence-corrected chi connectivity index (χ1v) is 7.92. The van der Waals surface area contributed by atoms with Gasteiger partial charge in [0.15, 0.2) is 0 Å². The number of anilines is 1. The van der Waals surface area contributed by atoms with E-state index in [4.69, 9.17) is 4.74 Å². The molecule has 0 aliphatic rings. The van der Waals surface area contributed by atoms with Crippen molar-refractivity contribution in [2.24, 2.45) is 0 Å². The van der Waals surface area contributed by atoms with E-state index in [0.717, 1.165) is 5.56 Å². The average Bonchev–Trinajstić information content (AvgIpc) is 3.11. The van der Waals surface area contributed by atoms with Gasteiger partial charge in [-0.25, -0.2) is 9.78 Å². The maximum Gasteiger partial charge on any atom is 0.348 e. The molecule has 0 radical (unpaired) electrons. The van der Waals surface area contributed by atoms with Gasteiger partial charge in [0, 0.05) is 12.4 Å². The number of pyridine rings is 1. The van der Waals surface area contributed by atoms with Gasteiger partial charge in [0.25, 0.3) is 5.91 Å². The second-order valence-corrected chi connectivity index (χ2v) is 5.94. The van der Waals surface area contributed by atoms with Crippen LogP contribution in [0.5, 0.6) is 0 Å². The highest BCUT2D eigenvalue weighted by molar-refractivity contribution is 7.18. The number of amides is 1. The Kier molecular flexibility index (Phi) is 4.12. The van der Waals surface area contributed by atoms with Crippen molar-refractivity contribution in [1.29, 1.82) is 0 Å². The molecule has 3 aromatic heterocycles. The van der Waals surface area contributed by atoms with Crippen LogP contribution < -0.4 is 5.32 Å². The van der Waals surface area contributed by atoms with E-state index in [1.807, 2.05) is 31.3 Å². The number of ether oxygens (including phenoxy) is 1. The van der Waals surface area contributed by atoms with E-state index < -0.39 is 0 Å². The SMILES string of the molecule is CCOC(=O)c1sc(NC(=O)c2cn3ccccc3n2)cc1C. The van der Waals surface area contributed by atoms with Crippen LogP contribution in [-0.4, -0.2) is 27.9 Å². The molecule has 0 aliphatic carbocycles. The molecule has 0 saturated carbocycles. The zero-order valence-corrected chi connectivity index (χ0v) is 13.5. The summed E-state index contributed by atoms with van der Waals surface area (Å²) < 4.78 is 6.77. The van der Waals surface area contributed by atoms with Gasteiger partial charge in [-0.1, -0.05) is 6.07 Å². The van der Waals surface area contributed by atoms with Crippen LogP contribution in [0.15, 0.2) is 36.7 Å². The number of carbonyl (C=O) groups excluding carboxylic acids is 2. The average molecular weight is 329 g/mol. The third-order valence-corrected chi connectivity index (χ3v) is 4.34. The molecule has 23 heavy (non-hydrogen) atoms. The molecular formula is C16H15N3O3S. The second-order valence-electron chi connectivity index (χ2n) is 4.89. The predicted molar refractivity (Wildman–Crippen MR) is 88.2 cm³/mol. The molecule has 0 bridgehead atoms. The minimum Gasteiger partial charge on any atom is -0.462 e. The Labute approximate surface area is 136 Å². The Bertz CT molecular complexity index is 849. The second kappa shape index (κ2) is 6.21. The number of aryl methyl sites for hydroxylation is 1. The molecule has 0 aromatic carbocycles. The van der Waals surface area contributed by atoms with Crippen molar-refractivity contribution in [1.82, 2.24) is 9.38 Å². The molecule has 0 atom stereocenters. The first-order valence-electron chi connectivity index (χ1n) is 7.11. The predicted octanol–water partition coefficient (Wildman–Crippen LogP) is 3.13. The van der Waals surface area contributed by atoms with Crippen LogP contribution in [0.3, 0.4) is 0 Å². The van der Waals surface area contributed by atoms with Crippen LogP contribution in [0.25, 0.3) is 5.65 Å². The van der Waals surface area contributed by atoms with Crippen molar-refractivity contribution in [3.05, 3.63) is 52.8 Å². The fourth-order valence-corrected chi connectivity index (χ4v) is 3.12. The van der Waals surface area contributed by atoms with E-state index in [2.05, 4.69) is 10.3 Å². The summed E-state index contributed by atoms with van der Waals surface area (Å²) in [6.45, 7) is 3.88. The summed E-state index contributed by atoms with van der Waals surface area (Å²) in [6.07, 6.45) is 3.49. The maximum atomic E-state index is 12.3. The molecule has 0 spiro atoms. The van der Waals surface area contributed by atoms with Crippen molar-refractivity contribution >= 4 is 33.9 Å². The highest BCUT2D eigenvalue weighted by atomic mass is 32.1. The first-order chi connectivity index (χ1) is 11.1. The molecule has 0 fully saturated rings. The van der Waals surface area contributed by atoms with Gasteiger partial charge in [0.1, 0.15) is 16.2 Å². The molecule has 118 valence electrons. The number of hydrogen-bond donors (Lipinski definition) is 1. The van der Waals surface area contributed by atoms with E-state index in [0.29, 0.717) is 27.8 Å². The van der Waals surface area contributed by atoms with Crippen molar-refractivity contribution in [3.8, 4) is 0 Å². The molecule has 6 nitrogen and oxygen atoms in total. The molecule has 3 aromatic rings. The number of rotatable bonds is 4. The Morgan fingerprint density at radius 3 is 2.96 bits per heavy atom. The lowest BCUT2D eigenvalue weighted by Crippen LogP contribution is -2.11. The van der Waals surface area contributed by atoms with Crippen molar-refractivity contribution in [2.45, 2.75) is 13.8 Å². The van der Waals surface area contributed by atoms with Gasteiger partial charge < -0.3 is 14.5 Å². The Hall–Kier alpha value is -2.67. The zero-order valence-electron chi connectivity index (χ0n) is 12.7. The van der Waals surface area contributed by atoms with Gasteiger partial charge in [0.05, 0.1) is 11.6 Å². The van der Waals surface area contributed by atoms with Gasteiger partial charge in [-0.3, -0.25) is 4.79 Å². The first kappa shape index (κ1) is 15.2. The highest BCUT2D eigenvalue weighted by Gasteiger charge is 2.17. The van der Waals surface area contributed by atoms with E-state index in [1.165, 1.54) is 11.3 Å². The summed E-state index contributed by atoms with van der Waals surface area (Å²) in [7, 11) is 0. The minimum atomic E-state index is -0.372. The van der Waals surface area contributed by atoms with Gasteiger partial charge >= 0.3 is 5.97 Å². The van der Waals surface area contributed by atoms with E-state index >= 15 is 0 Å². The number of thiophene rings is 1. The summed E-state index contributed by atoms with van der Waals surface area (Å²) in [5, 5.41) is 3.36. The third-order valence-electron chi connectivity index (χ3n) is 3.21. The molecule has 0 aliphatic heterocycles. The molecule has 7 heteroatoms. The number of nitrogens with zero attached hydrogens (tertiary/aromatic N) is 2. The number of carbonyl (C=O) groups is 2. The van der Waals surface area contributed by atoms with Gasteiger partial charge in [-0.15, -0.1) is 11.3 Å². The van der Waals surface area contributed by atoms with Crippen LogP contribution in [0, 0.1) is 6.92 Å². The summed E-state index contributed by atoms with van der Waals surface area (Å²) in [5.74, 6) is -0.686. The van der Waals surface area contributed by atoms with Crippen LogP contribution in [0.2, 0.25) is 0 Å². The Morgan fingerprint density at radius 1 is 1.39 bits per heavy atom. The highest BCUT2D eigenvalue weighted by Crippen LogP contribution is 2.27. The third kappa shape index (κ3) is 3.09. The number of nitrogens with one attached hydrogen (secondary N) is 1. The lowest BCUT2D eigenvalue weighted by atomic mass is 10.3. The summed E-state index contributed by atoms with van der Waals surface area (Å²) >= 11 is 1.20. The fraction of sp³-hybridized carbons (Fsp3) is 0.188. The van der Waals surface area contributed by atoms with Crippen LogP contribution in [0.4, 0.5) is 5.00 Å². The van der Waals surface area contributed by atoms with Gasteiger partial charge in [-0.05, 0) is 37.6 Å². The van der Waals surface area contributed by atoms with Gasteiger partial charge in [0.2, 0.25) is 0 Å². The number of imidazole rings is 1. The molecule has 1 amide bonds. The zero-order chi connectivity index (χ0) is 16.4. The Morgan fingerprint density at radius 2 is 2.22 bits per heavy atom. The number of fused-ring (bicyclic) bond motifs is 1. The summed E-state index contributed by atoms with van der Waals surface area (Å²) in [6, 6.07) is 7.30. The smallest absolute Gasteiger partial charge is 0.348 e. The van der Waals surface area contributed by atoms with Crippen molar-refractivity contribution in [2.75, 3.05) is 11.9 Å². The van der Waals surface area contributed by atoms with Crippen molar-refractivity contribution in [3.63, 3.8) is 0 Å². The molecule has 0 unspecified atom stereocenters. The van der Waals surface area contributed by atoms with E-state index in [-0.39, 0.29) is 11.9 Å². The molecule has 0 saturated heterocycles. The van der Waals surface area contributed by atoms with Crippen LogP contribution in [0.1, 0.15) is 32.6 Å². The molecule has 3 heterocycles. The number of esters is 1. The van der Waals surface area contributed by atoms with E-state index in [1.54, 1.807) is 23.6 Å². The quantitative estimate of drug-likeness (QED) is 0.746. The lowest BCUT2D eigenvalue weighted by Gasteiger charge is -1.99. The standard InChI is InChI=1S/C16H15N3O3S/c1-3-22-16(21)14-10(2)8-13(23-14)18-15(20)11-9-19-7-5-4-6-12(19)17-11/h4-9H,3H2,1-2H3,(H,18,20). The van der Waals surface area contributed by atoms with Crippen LogP contribution in [-0.2, 0) is 4.74 Å². The monoisotopic (exact) mass is 329 g/mol. The summed E-state index contributed by atoms with van der Waals surface area (Å²) in [4.78, 5) is 28.9. The molecule has 3 rings (SSSR count). The number of aromatic nitrogens is 2. The largest absolute Gasteiger partial charge is 0.462 e. The Balaban J connectivity index is 1.80. The summed E-state index contributed by atoms with van der Waals surface area (Å²) in [5.41, 5.74) is 1.80. The minimum absolute atomic E-state index is 0.314. The van der Waals surface area contributed by atoms with Gasteiger partial charge in [-0.2, -0.15) is 0 Å². The maximum absolute atomic E-state index is 12.3. The fourth-order valence-electron chi connectivity index (χ4n) is 2.16.